The highest BCUT2D eigenvalue weighted by atomic mass is 32.1. The Hall–Kier alpha value is -1.92. The number of rotatable bonds is 8. The van der Waals surface area contributed by atoms with Crippen LogP contribution >= 0.6 is 11.3 Å². The lowest BCUT2D eigenvalue weighted by Crippen LogP contribution is -2.05. The van der Waals surface area contributed by atoms with Gasteiger partial charge in [0.05, 0.1) is 18.1 Å². The fourth-order valence-electron chi connectivity index (χ4n) is 1.90. The summed E-state index contributed by atoms with van der Waals surface area (Å²) in [7, 11) is 0. The van der Waals surface area contributed by atoms with Gasteiger partial charge in [-0.25, -0.2) is 0 Å². The fraction of sp³-hybridized carbons (Fsp3) is 0.333. The lowest BCUT2D eigenvalue weighted by Gasteiger charge is -2.11. The molecule has 0 bridgehead atoms. The minimum absolute atomic E-state index is 0.0896. The van der Waals surface area contributed by atoms with E-state index in [2.05, 4.69) is 12.2 Å². The average Bonchev–Trinajstić information content (AvgIpc) is 2.99. The van der Waals surface area contributed by atoms with Crippen molar-refractivity contribution in [2.24, 2.45) is 0 Å². The molecule has 0 atom stereocenters. The second kappa shape index (κ2) is 7.75. The van der Waals surface area contributed by atoms with Crippen LogP contribution in [0.4, 0.5) is 11.4 Å². The molecule has 6 heteroatoms. The first-order chi connectivity index (χ1) is 10.2. The van der Waals surface area contributed by atoms with E-state index in [1.807, 2.05) is 17.5 Å². The largest absolute Gasteiger partial charge is 0.385 e. The Morgan fingerprint density at radius 2 is 2.19 bits per heavy atom. The highest BCUT2D eigenvalue weighted by Gasteiger charge is 2.11. The van der Waals surface area contributed by atoms with Gasteiger partial charge in [0, 0.05) is 34.8 Å². The first-order valence-electron chi connectivity index (χ1n) is 6.82. The maximum absolute atomic E-state index is 10.9. The van der Waals surface area contributed by atoms with Crippen LogP contribution in [0.2, 0.25) is 0 Å². The second-order valence-electron chi connectivity index (χ2n) is 4.60. The van der Waals surface area contributed by atoms with Gasteiger partial charge >= 0.3 is 0 Å². The summed E-state index contributed by atoms with van der Waals surface area (Å²) in [5, 5.41) is 16.2. The topological polar surface area (TPSA) is 64.4 Å². The molecule has 0 fully saturated rings. The number of benzene rings is 1. The number of nitro groups is 1. The first kappa shape index (κ1) is 15.5. The van der Waals surface area contributed by atoms with Crippen LogP contribution in [0.1, 0.15) is 23.8 Å². The Morgan fingerprint density at radius 1 is 1.33 bits per heavy atom. The highest BCUT2D eigenvalue weighted by molar-refractivity contribution is 7.09. The number of ether oxygens (including phenoxy) is 1. The molecule has 112 valence electrons. The predicted octanol–water partition coefficient (Wildman–Crippen LogP) is 4.20. The molecule has 0 unspecified atom stereocenters. The zero-order chi connectivity index (χ0) is 15.1. The van der Waals surface area contributed by atoms with Crippen LogP contribution in [-0.4, -0.2) is 11.5 Å². The van der Waals surface area contributed by atoms with E-state index in [1.54, 1.807) is 23.5 Å². The van der Waals surface area contributed by atoms with Crippen LogP contribution in [0, 0.1) is 10.1 Å². The van der Waals surface area contributed by atoms with E-state index < -0.39 is 0 Å². The molecule has 2 rings (SSSR count). The molecule has 2 aromatic rings. The third-order valence-corrected chi connectivity index (χ3v) is 3.80. The van der Waals surface area contributed by atoms with E-state index in [1.165, 1.54) is 6.07 Å². The molecular weight excluding hydrogens is 288 g/mol. The Kier molecular flexibility index (Phi) is 5.71. The number of hydrogen-bond donors (Lipinski definition) is 1. The van der Waals surface area contributed by atoms with Gasteiger partial charge in [0.25, 0.3) is 5.69 Å². The Morgan fingerprint density at radius 3 is 2.86 bits per heavy atom. The summed E-state index contributed by atoms with van der Waals surface area (Å²) in [6, 6.07) is 8.82. The lowest BCUT2D eigenvalue weighted by molar-refractivity contribution is -0.384. The van der Waals surface area contributed by atoms with Gasteiger partial charge in [-0.05, 0) is 23.9 Å². The van der Waals surface area contributed by atoms with E-state index >= 15 is 0 Å². The van der Waals surface area contributed by atoms with Crippen LogP contribution in [0.15, 0.2) is 35.7 Å². The molecule has 0 saturated heterocycles. The summed E-state index contributed by atoms with van der Waals surface area (Å²) in [6.45, 7) is 3.78. The van der Waals surface area contributed by atoms with E-state index in [0.717, 1.165) is 29.1 Å². The van der Waals surface area contributed by atoms with Crippen molar-refractivity contribution in [1.29, 1.82) is 0 Å². The molecule has 21 heavy (non-hydrogen) atoms. The van der Waals surface area contributed by atoms with Crippen molar-refractivity contribution < 1.29 is 9.66 Å². The Bertz CT molecular complexity index is 585. The van der Waals surface area contributed by atoms with E-state index in [9.17, 15) is 10.1 Å². The quantitative estimate of drug-likeness (QED) is 0.586. The molecular formula is C15H18N2O3S. The zero-order valence-electron chi connectivity index (χ0n) is 11.9. The zero-order valence-corrected chi connectivity index (χ0v) is 12.7. The smallest absolute Gasteiger partial charge is 0.269 e. The molecule has 0 amide bonds. The fourth-order valence-corrected chi connectivity index (χ4v) is 2.54. The van der Waals surface area contributed by atoms with Gasteiger partial charge in [-0.15, -0.1) is 11.3 Å². The standard InChI is InChI=1S/C15H18N2O3S/c1-2-7-16-15-6-5-13(17(18)19)9-12(15)10-20-11-14-4-3-8-21-14/h3-6,8-9,16H,2,7,10-11H2,1H3. The highest BCUT2D eigenvalue weighted by Crippen LogP contribution is 2.23. The summed E-state index contributed by atoms with van der Waals surface area (Å²) in [5.74, 6) is 0. The molecule has 0 saturated carbocycles. The molecule has 1 aromatic carbocycles. The lowest BCUT2D eigenvalue weighted by atomic mass is 10.1. The van der Waals surface area contributed by atoms with Crippen molar-refractivity contribution in [2.75, 3.05) is 11.9 Å². The molecule has 0 aliphatic carbocycles. The molecule has 5 nitrogen and oxygen atoms in total. The van der Waals surface area contributed by atoms with E-state index in [0.29, 0.717) is 13.2 Å². The molecule has 0 aliphatic heterocycles. The number of anilines is 1. The molecule has 1 aromatic heterocycles. The number of thiophene rings is 1. The normalized spacial score (nSPS) is 10.5. The summed E-state index contributed by atoms with van der Waals surface area (Å²) in [5.41, 5.74) is 1.80. The van der Waals surface area contributed by atoms with Crippen LogP contribution < -0.4 is 5.32 Å². The number of hydrogen-bond acceptors (Lipinski definition) is 5. The van der Waals surface area contributed by atoms with Gasteiger partial charge in [-0.2, -0.15) is 0 Å². The van der Waals surface area contributed by atoms with Crippen LogP contribution in [0.5, 0.6) is 0 Å². The summed E-state index contributed by atoms with van der Waals surface area (Å²) >= 11 is 1.64. The van der Waals surface area contributed by atoms with Crippen molar-refractivity contribution in [3.8, 4) is 0 Å². The van der Waals surface area contributed by atoms with Crippen LogP contribution in [-0.2, 0) is 18.0 Å². The molecule has 0 aliphatic rings. The Labute approximate surface area is 127 Å². The first-order valence-corrected chi connectivity index (χ1v) is 7.70. The number of nitrogens with one attached hydrogen (secondary N) is 1. The summed E-state index contributed by atoms with van der Waals surface area (Å²) in [4.78, 5) is 11.6. The third-order valence-electron chi connectivity index (χ3n) is 2.95. The van der Waals surface area contributed by atoms with Crippen molar-refractivity contribution in [1.82, 2.24) is 0 Å². The number of nitrogens with zero attached hydrogens (tertiary/aromatic N) is 1. The number of nitro benzene ring substituents is 1. The predicted molar refractivity (Wildman–Crippen MR) is 84.7 cm³/mol. The molecule has 0 spiro atoms. The van der Waals surface area contributed by atoms with Crippen molar-refractivity contribution in [3.05, 3.63) is 56.3 Å². The van der Waals surface area contributed by atoms with Gasteiger partial charge < -0.3 is 10.1 Å². The minimum atomic E-state index is -0.383. The number of non-ortho nitro benzene ring substituents is 1. The maximum atomic E-state index is 10.9. The molecule has 0 radical (unpaired) electrons. The van der Waals surface area contributed by atoms with Crippen molar-refractivity contribution >= 4 is 22.7 Å². The molecule has 1 N–H and O–H groups in total. The SMILES string of the molecule is CCCNc1ccc([N+](=O)[O-])cc1COCc1cccs1. The van der Waals surface area contributed by atoms with Crippen molar-refractivity contribution in [2.45, 2.75) is 26.6 Å². The van der Waals surface area contributed by atoms with Gasteiger partial charge in [0.15, 0.2) is 0 Å². The van der Waals surface area contributed by atoms with Gasteiger partial charge in [-0.3, -0.25) is 10.1 Å². The monoisotopic (exact) mass is 306 g/mol. The van der Waals surface area contributed by atoms with Gasteiger partial charge in [0.1, 0.15) is 0 Å². The average molecular weight is 306 g/mol. The van der Waals surface area contributed by atoms with Crippen LogP contribution in [0.25, 0.3) is 0 Å². The van der Waals surface area contributed by atoms with Gasteiger partial charge in [-0.1, -0.05) is 13.0 Å². The third kappa shape index (κ3) is 4.54. The maximum Gasteiger partial charge on any atom is 0.269 e. The van der Waals surface area contributed by atoms with E-state index in [4.69, 9.17) is 4.74 Å². The van der Waals surface area contributed by atoms with E-state index in [-0.39, 0.29) is 10.6 Å². The minimum Gasteiger partial charge on any atom is -0.385 e. The Balaban J connectivity index is 2.05. The summed E-state index contributed by atoms with van der Waals surface area (Å²) in [6.07, 6.45) is 0.993. The van der Waals surface area contributed by atoms with Crippen molar-refractivity contribution in [3.63, 3.8) is 0 Å². The summed E-state index contributed by atoms with van der Waals surface area (Å²) < 4.78 is 5.67. The van der Waals surface area contributed by atoms with Gasteiger partial charge in [0.2, 0.25) is 0 Å². The second-order valence-corrected chi connectivity index (χ2v) is 5.63. The van der Waals surface area contributed by atoms with Crippen LogP contribution in [0.3, 0.4) is 0 Å². The molecule has 1 heterocycles.